The van der Waals surface area contributed by atoms with Crippen LogP contribution in [0.3, 0.4) is 0 Å². The first kappa shape index (κ1) is 38.9. The summed E-state index contributed by atoms with van der Waals surface area (Å²) in [5, 5.41) is 21.7. The molecule has 1 aromatic heterocycles. The number of nitrogens with one attached hydrogen (secondary N) is 3. The number of thiophene rings is 1. The molecule has 2 heterocycles. The number of sulfone groups is 1. The number of hydrogen-bond acceptors (Lipinski definition) is 8. The molecule has 6 atom stereocenters. The van der Waals surface area contributed by atoms with Gasteiger partial charge in [0.15, 0.2) is 9.84 Å². The van der Waals surface area contributed by atoms with Crippen LogP contribution >= 0.6 is 11.3 Å². The van der Waals surface area contributed by atoms with Gasteiger partial charge in [0.2, 0.25) is 11.8 Å². The third kappa shape index (κ3) is 9.57. The summed E-state index contributed by atoms with van der Waals surface area (Å²) in [4.78, 5) is 44.0. The van der Waals surface area contributed by atoms with Gasteiger partial charge in [-0.1, -0.05) is 67.8 Å². The van der Waals surface area contributed by atoms with Crippen LogP contribution in [0.1, 0.15) is 82.0 Å². The van der Waals surface area contributed by atoms with E-state index in [9.17, 15) is 27.9 Å². The molecule has 5 rings (SSSR count). The largest absolute Gasteiger partial charge is 0.390 e. The molecule has 0 bridgehead atoms. The molecule has 1 aliphatic carbocycles. The smallest absolute Gasteiger partial charge is 0.262 e. The summed E-state index contributed by atoms with van der Waals surface area (Å²) in [6.07, 6.45) is 5.38. The number of carbonyl (C=O) groups excluding carboxylic acids is 3. The summed E-state index contributed by atoms with van der Waals surface area (Å²) in [5.74, 6) is -0.465. The summed E-state index contributed by atoms with van der Waals surface area (Å²) in [6.45, 7) is 9.52. The maximum Gasteiger partial charge on any atom is 0.262 e. The number of likely N-dealkylation sites (tertiary alicyclic amines) is 1. The first-order chi connectivity index (χ1) is 23.9. The summed E-state index contributed by atoms with van der Waals surface area (Å²) in [7, 11) is -3.87. The zero-order chi connectivity index (χ0) is 37.1. The highest BCUT2D eigenvalue weighted by Crippen LogP contribution is 2.39. The third-order valence-electron chi connectivity index (χ3n) is 10.7. The average Bonchev–Trinajstić information content (AvgIpc) is 3.50. The van der Waals surface area contributed by atoms with E-state index in [2.05, 4.69) is 20.9 Å². The molecule has 2 fully saturated rings. The van der Waals surface area contributed by atoms with Crippen molar-refractivity contribution >= 4 is 49.0 Å². The minimum absolute atomic E-state index is 0.0683. The second kappa shape index (κ2) is 15.7. The van der Waals surface area contributed by atoms with Gasteiger partial charge in [0, 0.05) is 29.6 Å². The number of β-amino-alcohol motifs (C(OH)–C–C–N with tert-alkyl or cyclic N) is 1. The molecule has 0 unspecified atom stereocenters. The summed E-state index contributed by atoms with van der Waals surface area (Å²) in [5.41, 5.74) is 0.444. The fraction of sp³-hybridized carbons (Fsp3) is 0.564. The van der Waals surface area contributed by atoms with Gasteiger partial charge in [-0.3, -0.25) is 19.3 Å². The highest BCUT2D eigenvalue weighted by atomic mass is 32.2. The van der Waals surface area contributed by atoms with E-state index in [1.54, 1.807) is 6.07 Å². The minimum Gasteiger partial charge on any atom is -0.390 e. The number of carbonyl (C=O) groups is 3. The van der Waals surface area contributed by atoms with E-state index in [0.717, 1.165) is 47.6 Å². The van der Waals surface area contributed by atoms with Crippen molar-refractivity contribution in [3.8, 4) is 0 Å². The standard InChI is InChI=1S/C39H54N4O6S2/c1-38(2,3)42-35(45)30-21-26-16-10-11-18-28(26)23-43(30)24-31(44)29(20-25-14-8-7-9-15-25)40-37(47)34(39(4,5)51(6,48)49)41-36(46)33-22-27-17-12-13-19-32(27)50-33/h7-9,12-15,17,19,22,26,28-31,34,44H,10-11,16,18,20-21,23-24H2,1-6H3,(H,40,47)(H,41,46)(H,42,45)/t26-,28+,29-,30-,31+,34+/m0/s1. The normalized spacial score (nSPS) is 22.0. The van der Waals surface area contributed by atoms with Crippen LogP contribution in [0.2, 0.25) is 0 Å². The second-order valence-corrected chi connectivity index (χ2v) is 19.7. The molecule has 1 aliphatic heterocycles. The van der Waals surface area contributed by atoms with E-state index in [-0.39, 0.29) is 18.9 Å². The summed E-state index contributed by atoms with van der Waals surface area (Å²) in [6, 6.07) is 15.9. The van der Waals surface area contributed by atoms with E-state index in [4.69, 9.17) is 0 Å². The lowest BCUT2D eigenvalue weighted by Gasteiger charge is -2.47. The first-order valence-electron chi connectivity index (χ1n) is 18.0. The van der Waals surface area contributed by atoms with Crippen LogP contribution in [0.5, 0.6) is 0 Å². The number of amides is 3. The molecule has 2 aliphatic rings. The Bertz CT molecular complexity index is 1770. The van der Waals surface area contributed by atoms with Crippen molar-refractivity contribution in [3.63, 3.8) is 0 Å². The Labute approximate surface area is 306 Å². The predicted molar refractivity (Wildman–Crippen MR) is 203 cm³/mol. The Morgan fingerprint density at radius 3 is 2.24 bits per heavy atom. The highest BCUT2D eigenvalue weighted by molar-refractivity contribution is 7.92. The molecular formula is C39H54N4O6S2. The predicted octanol–water partition coefficient (Wildman–Crippen LogP) is 4.71. The molecule has 3 amide bonds. The number of fused-ring (bicyclic) bond motifs is 2. The number of nitrogens with zero attached hydrogens (tertiary/aromatic N) is 1. The SMILES string of the molecule is CC(C)(C)NC(=O)[C@@H]1C[C@@H]2CCCC[C@@H]2CN1C[C@@H](O)[C@H](Cc1ccccc1)NC(=O)[C@@H](NC(=O)c1cc2ccccc2s1)C(C)(C)S(C)(=O)=O. The van der Waals surface area contributed by atoms with Crippen LogP contribution in [-0.4, -0.2) is 90.0 Å². The fourth-order valence-corrected chi connectivity index (χ4v) is 9.04. The number of aliphatic hydroxyl groups excluding tert-OH is 1. The van der Waals surface area contributed by atoms with Gasteiger partial charge >= 0.3 is 0 Å². The molecule has 1 saturated carbocycles. The van der Waals surface area contributed by atoms with Crippen LogP contribution in [0.15, 0.2) is 60.7 Å². The zero-order valence-electron chi connectivity index (χ0n) is 30.6. The van der Waals surface area contributed by atoms with Crippen molar-refractivity contribution in [1.82, 2.24) is 20.9 Å². The van der Waals surface area contributed by atoms with E-state index in [0.29, 0.717) is 29.7 Å². The molecule has 0 radical (unpaired) electrons. The van der Waals surface area contributed by atoms with E-state index >= 15 is 0 Å². The van der Waals surface area contributed by atoms with Gasteiger partial charge in [-0.05, 0) is 88.8 Å². The first-order valence-corrected chi connectivity index (χ1v) is 20.7. The quantitative estimate of drug-likeness (QED) is 0.211. The number of hydrogen-bond donors (Lipinski definition) is 4. The minimum atomic E-state index is -3.87. The van der Waals surface area contributed by atoms with Crippen molar-refractivity contribution in [2.75, 3.05) is 19.3 Å². The van der Waals surface area contributed by atoms with Gasteiger partial charge in [0.1, 0.15) is 6.04 Å². The molecule has 10 nitrogen and oxygen atoms in total. The maximum absolute atomic E-state index is 14.3. The lowest BCUT2D eigenvalue weighted by molar-refractivity contribution is -0.133. The van der Waals surface area contributed by atoms with Crippen molar-refractivity contribution in [3.05, 3.63) is 71.1 Å². The molecule has 12 heteroatoms. The van der Waals surface area contributed by atoms with Gasteiger partial charge < -0.3 is 21.1 Å². The Morgan fingerprint density at radius 1 is 0.941 bits per heavy atom. The van der Waals surface area contributed by atoms with Gasteiger partial charge in [-0.2, -0.15) is 0 Å². The Hall–Kier alpha value is -3.32. The zero-order valence-corrected chi connectivity index (χ0v) is 32.3. The van der Waals surface area contributed by atoms with E-state index in [1.807, 2.05) is 75.4 Å². The van der Waals surface area contributed by atoms with Gasteiger partial charge in [-0.25, -0.2) is 8.42 Å². The number of aliphatic hydroxyl groups is 1. The molecule has 278 valence electrons. The van der Waals surface area contributed by atoms with Crippen molar-refractivity contribution < 1.29 is 27.9 Å². The Morgan fingerprint density at radius 2 is 1.59 bits per heavy atom. The summed E-state index contributed by atoms with van der Waals surface area (Å²) < 4.78 is 25.4. The molecule has 2 aromatic carbocycles. The number of benzene rings is 2. The van der Waals surface area contributed by atoms with Crippen LogP contribution in [-0.2, 0) is 25.8 Å². The van der Waals surface area contributed by atoms with Crippen LogP contribution in [0.25, 0.3) is 10.1 Å². The Kier molecular flexibility index (Phi) is 12.0. The highest BCUT2D eigenvalue weighted by Gasteiger charge is 2.46. The molecule has 1 saturated heterocycles. The van der Waals surface area contributed by atoms with Crippen molar-refractivity contribution in [1.29, 1.82) is 0 Å². The lowest BCUT2D eigenvalue weighted by atomic mass is 9.72. The molecular weight excluding hydrogens is 685 g/mol. The van der Waals surface area contributed by atoms with Crippen molar-refractivity contribution in [2.24, 2.45) is 11.8 Å². The van der Waals surface area contributed by atoms with E-state index in [1.165, 1.54) is 25.2 Å². The van der Waals surface area contributed by atoms with Gasteiger partial charge in [-0.15, -0.1) is 11.3 Å². The topological polar surface area (TPSA) is 145 Å². The Balaban J connectivity index is 1.42. The molecule has 4 N–H and O–H groups in total. The number of rotatable bonds is 12. The lowest BCUT2D eigenvalue weighted by Crippen LogP contribution is -2.64. The van der Waals surface area contributed by atoms with Crippen LogP contribution in [0, 0.1) is 11.8 Å². The average molecular weight is 739 g/mol. The van der Waals surface area contributed by atoms with Crippen LogP contribution < -0.4 is 16.0 Å². The molecule has 0 spiro atoms. The van der Waals surface area contributed by atoms with Crippen molar-refractivity contribution in [2.45, 2.75) is 108 Å². The van der Waals surface area contributed by atoms with Gasteiger partial charge in [0.05, 0.1) is 27.8 Å². The fourth-order valence-electron chi connectivity index (χ4n) is 7.48. The van der Waals surface area contributed by atoms with Crippen LogP contribution in [0.4, 0.5) is 0 Å². The van der Waals surface area contributed by atoms with Gasteiger partial charge in [0.25, 0.3) is 5.91 Å². The molecule has 3 aromatic rings. The second-order valence-electron chi connectivity index (χ2n) is 16.1. The summed E-state index contributed by atoms with van der Waals surface area (Å²) >= 11 is 1.26. The van der Waals surface area contributed by atoms with E-state index < -0.39 is 56.2 Å². The number of piperidine rings is 1. The molecule has 51 heavy (non-hydrogen) atoms. The third-order valence-corrected chi connectivity index (χ3v) is 13.9. The monoisotopic (exact) mass is 738 g/mol. The maximum atomic E-state index is 14.3.